The summed E-state index contributed by atoms with van der Waals surface area (Å²) in [5, 5.41) is 33.7. The van der Waals surface area contributed by atoms with Crippen molar-refractivity contribution in [3.8, 4) is 0 Å². The second kappa shape index (κ2) is 11.8. The minimum Gasteiger partial charge on any atom is -0.481 e. The summed E-state index contributed by atoms with van der Waals surface area (Å²) in [5.41, 5.74) is -0.523. The number of hydrogen-bond acceptors (Lipinski definition) is 5. The van der Waals surface area contributed by atoms with Crippen molar-refractivity contribution in [2.75, 3.05) is 6.54 Å². The lowest BCUT2D eigenvalue weighted by Gasteiger charge is -2.19. The zero-order valence-electron chi connectivity index (χ0n) is 16.3. The molecule has 0 saturated heterocycles. The Morgan fingerprint density at radius 3 is 1.75 bits per heavy atom. The number of carboxylic acid groups (broad SMARTS) is 3. The first-order valence-corrected chi connectivity index (χ1v) is 8.87. The van der Waals surface area contributed by atoms with E-state index in [9.17, 15) is 29.1 Å². The Morgan fingerprint density at radius 1 is 0.821 bits per heavy atom. The summed E-state index contributed by atoms with van der Waals surface area (Å²) in [5.74, 6) is -4.04. The fourth-order valence-corrected chi connectivity index (χ4v) is 2.08. The molecule has 0 aromatic heterocycles. The number of unbranched alkanes of at least 4 members (excludes halogenated alkanes) is 1. The zero-order valence-corrected chi connectivity index (χ0v) is 16.3. The first-order chi connectivity index (χ1) is 12.8. The van der Waals surface area contributed by atoms with Crippen molar-refractivity contribution in [2.45, 2.75) is 65.0 Å². The van der Waals surface area contributed by atoms with Crippen LogP contribution in [0.5, 0.6) is 0 Å². The van der Waals surface area contributed by atoms with Gasteiger partial charge in [-0.1, -0.05) is 20.8 Å². The van der Waals surface area contributed by atoms with Gasteiger partial charge in [-0.25, -0.2) is 14.4 Å². The summed E-state index contributed by atoms with van der Waals surface area (Å²) in [6.45, 7) is 5.68. The van der Waals surface area contributed by atoms with E-state index in [1.807, 2.05) is 0 Å². The molecule has 28 heavy (non-hydrogen) atoms. The Balaban J connectivity index is 4.43. The third-order valence-electron chi connectivity index (χ3n) is 3.74. The van der Waals surface area contributed by atoms with Crippen molar-refractivity contribution >= 4 is 29.8 Å². The molecular weight excluding hydrogens is 374 g/mol. The average Bonchev–Trinajstić information content (AvgIpc) is 2.55. The monoisotopic (exact) mass is 403 g/mol. The zero-order chi connectivity index (χ0) is 21.9. The lowest BCUT2D eigenvalue weighted by atomic mass is 9.95. The topological polar surface area (TPSA) is 182 Å². The standard InChI is InChI=1S/C17H29N3O8/c1-17(2,3)15(27)18-9-5-4-6-10(13(23)24)19-16(28)20-11(14(25)26)7-8-12(21)22/h10-11H,4-9H2,1-3H3,(H,18,27)(H,21,22)(H,23,24)(H,25,26)(H2,19,20,28). The van der Waals surface area contributed by atoms with Crippen LogP contribution in [0.3, 0.4) is 0 Å². The van der Waals surface area contributed by atoms with Gasteiger partial charge in [0.25, 0.3) is 0 Å². The molecule has 2 atom stereocenters. The quantitative estimate of drug-likeness (QED) is 0.253. The molecule has 0 aliphatic heterocycles. The maximum Gasteiger partial charge on any atom is 0.326 e. The molecule has 0 aromatic carbocycles. The number of carbonyl (C=O) groups is 5. The molecule has 0 saturated carbocycles. The van der Waals surface area contributed by atoms with E-state index in [1.165, 1.54) is 0 Å². The van der Waals surface area contributed by atoms with E-state index in [2.05, 4.69) is 16.0 Å². The molecule has 0 rings (SSSR count). The molecule has 0 spiro atoms. The van der Waals surface area contributed by atoms with E-state index >= 15 is 0 Å². The van der Waals surface area contributed by atoms with Crippen molar-refractivity contribution in [1.29, 1.82) is 0 Å². The molecule has 160 valence electrons. The van der Waals surface area contributed by atoms with Gasteiger partial charge in [0.15, 0.2) is 0 Å². The number of carboxylic acids is 3. The number of rotatable bonds is 12. The highest BCUT2D eigenvalue weighted by Gasteiger charge is 2.25. The van der Waals surface area contributed by atoms with Crippen LogP contribution in [0.2, 0.25) is 0 Å². The van der Waals surface area contributed by atoms with E-state index in [0.29, 0.717) is 19.4 Å². The van der Waals surface area contributed by atoms with Crippen LogP contribution >= 0.6 is 0 Å². The van der Waals surface area contributed by atoms with Crippen LogP contribution < -0.4 is 16.0 Å². The SMILES string of the molecule is CC(C)(C)C(=O)NCCCCC(NC(=O)NC(CCC(=O)O)C(=O)O)C(=O)O. The molecule has 0 fully saturated rings. The molecule has 0 radical (unpaired) electrons. The van der Waals surface area contributed by atoms with E-state index in [4.69, 9.17) is 10.2 Å². The van der Waals surface area contributed by atoms with Crippen molar-refractivity contribution in [2.24, 2.45) is 5.41 Å². The van der Waals surface area contributed by atoms with Crippen LogP contribution in [0, 0.1) is 5.41 Å². The number of urea groups is 1. The number of amides is 3. The molecule has 6 N–H and O–H groups in total. The van der Waals surface area contributed by atoms with Gasteiger partial charge in [0.05, 0.1) is 0 Å². The summed E-state index contributed by atoms with van der Waals surface area (Å²) in [6.07, 6.45) is 0.207. The molecular formula is C17H29N3O8. The molecule has 3 amide bonds. The maximum absolute atomic E-state index is 11.9. The van der Waals surface area contributed by atoms with Crippen molar-refractivity contribution < 1.29 is 39.3 Å². The Bertz CT molecular complexity index is 585. The molecule has 0 aliphatic rings. The number of aliphatic carboxylic acids is 3. The van der Waals surface area contributed by atoms with E-state index in [0.717, 1.165) is 0 Å². The molecule has 11 nitrogen and oxygen atoms in total. The number of hydrogen-bond donors (Lipinski definition) is 6. The first kappa shape index (κ1) is 25.1. The molecule has 0 bridgehead atoms. The highest BCUT2D eigenvalue weighted by atomic mass is 16.4. The molecule has 0 heterocycles. The molecule has 11 heteroatoms. The Hall–Kier alpha value is -2.85. The largest absolute Gasteiger partial charge is 0.481 e. The van der Waals surface area contributed by atoms with Gasteiger partial charge >= 0.3 is 23.9 Å². The molecule has 2 unspecified atom stereocenters. The van der Waals surface area contributed by atoms with E-state index < -0.39 is 47.9 Å². The predicted molar refractivity (Wildman–Crippen MR) is 97.7 cm³/mol. The third-order valence-corrected chi connectivity index (χ3v) is 3.74. The molecule has 0 aliphatic carbocycles. The van der Waals surface area contributed by atoms with Gasteiger partial charge in [-0.15, -0.1) is 0 Å². The Kier molecular flexibility index (Phi) is 10.6. The summed E-state index contributed by atoms with van der Waals surface area (Å²) in [6, 6.07) is -3.70. The maximum atomic E-state index is 11.9. The lowest BCUT2D eigenvalue weighted by Crippen LogP contribution is -2.51. The first-order valence-electron chi connectivity index (χ1n) is 8.87. The second-order valence-electron chi connectivity index (χ2n) is 7.33. The summed E-state index contributed by atoms with van der Waals surface area (Å²) < 4.78 is 0. The Labute approximate surface area is 162 Å². The van der Waals surface area contributed by atoms with Gasteiger partial charge in [0.1, 0.15) is 12.1 Å². The number of nitrogens with one attached hydrogen (secondary N) is 3. The fraction of sp³-hybridized carbons (Fsp3) is 0.706. The summed E-state index contributed by atoms with van der Waals surface area (Å²) in [7, 11) is 0. The minimum absolute atomic E-state index is 0.0843. The van der Waals surface area contributed by atoms with Crippen LogP contribution in [0.4, 0.5) is 4.79 Å². The van der Waals surface area contributed by atoms with E-state index in [-0.39, 0.29) is 18.7 Å². The minimum atomic E-state index is -1.45. The highest BCUT2D eigenvalue weighted by Crippen LogP contribution is 2.12. The third kappa shape index (κ3) is 11.0. The van der Waals surface area contributed by atoms with Crippen LogP contribution in [0.25, 0.3) is 0 Å². The van der Waals surface area contributed by atoms with Crippen LogP contribution in [-0.4, -0.2) is 63.8 Å². The van der Waals surface area contributed by atoms with Gasteiger partial charge < -0.3 is 31.3 Å². The van der Waals surface area contributed by atoms with Gasteiger partial charge in [0, 0.05) is 18.4 Å². The van der Waals surface area contributed by atoms with Gasteiger partial charge in [-0.3, -0.25) is 9.59 Å². The average molecular weight is 403 g/mol. The van der Waals surface area contributed by atoms with Gasteiger partial charge in [0.2, 0.25) is 5.91 Å². The Morgan fingerprint density at radius 2 is 1.32 bits per heavy atom. The van der Waals surface area contributed by atoms with Gasteiger partial charge in [-0.05, 0) is 25.7 Å². The van der Waals surface area contributed by atoms with Crippen LogP contribution in [-0.2, 0) is 19.2 Å². The normalized spacial score (nSPS) is 13.1. The summed E-state index contributed by atoms with van der Waals surface area (Å²) >= 11 is 0. The summed E-state index contributed by atoms with van der Waals surface area (Å²) in [4.78, 5) is 56.4. The van der Waals surface area contributed by atoms with Crippen molar-refractivity contribution in [3.63, 3.8) is 0 Å². The number of carbonyl (C=O) groups excluding carboxylic acids is 2. The second-order valence-corrected chi connectivity index (χ2v) is 7.33. The highest BCUT2D eigenvalue weighted by molar-refractivity contribution is 5.86. The van der Waals surface area contributed by atoms with Crippen LogP contribution in [0.15, 0.2) is 0 Å². The van der Waals surface area contributed by atoms with Crippen molar-refractivity contribution in [3.05, 3.63) is 0 Å². The fourth-order valence-electron chi connectivity index (χ4n) is 2.08. The van der Waals surface area contributed by atoms with Crippen LogP contribution in [0.1, 0.15) is 52.9 Å². The predicted octanol–water partition coefficient (Wildman–Crippen LogP) is 0.389. The smallest absolute Gasteiger partial charge is 0.326 e. The van der Waals surface area contributed by atoms with Crippen molar-refractivity contribution in [1.82, 2.24) is 16.0 Å². The van der Waals surface area contributed by atoms with Gasteiger partial charge in [-0.2, -0.15) is 0 Å². The lowest BCUT2D eigenvalue weighted by molar-refractivity contribution is -0.140. The molecule has 0 aromatic rings. The van der Waals surface area contributed by atoms with E-state index in [1.54, 1.807) is 20.8 Å².